The molecule has 4 aromatic heterocycles. The highest BCUT2D eigenvalue weighted by atomic mass is 15.0. The molecule has 8 heterocycles. The Labute approximate surface area is 761 Å². The first kappa shape index (κ1) is 77.5. The van der Waals surface area contributed by atoms with E-state index in [1.165, 1.54) is 269 Å². The highest BCUT2D eigenvalue weighted by Crippen LogP contribution is 2.54. The van der Waals surface area contributed by atoms with Crippen molar-refractivity contribution in [1.29, 1.82) is 0 Å². The summed E-state index contributed by atoms with van der Waals surface area (Å²) in [6.45, 7) is 40.1. The Morgan fingerprint density at radius 3 is 0.908 bits per heavy atom. The highest BCUT2D eigenvalue weighted by molar-refractivity contribution is 7.02. The molecule has 0 saturated carbocycles. The Bertz CT molecular complexity index is 8580. The summed E-state index contributed by atoms with van der Waals surface area (Å²) in [5.41, 5.74) is 42.1. The van der Waals surface area contributed by atoms with Gasteiger partial charge >= 0.3 is 0 Å². The number of benzene rings is 18. The maximum Gasteiger partial charge on any atom is 0.244 e. The van der Waals surface area contributed by atoms with Crippen molar-refractivity contribution in [3.8, 4) is 67.3 Å². The van der Waals surface area contributed by atoms with Gasteiger partial charge in [-0.3, -0.25) is 0 Å². The number of fused-ring (bicyclic) bond motifs is 24. The predicted molar refractivity (Wildman–Crippen MR) is 562 cm³/mol. The molecule has 0 N–H and O–H groups in total. The molecule has 130 heavy (non-hydrogen) atoms. The molecule has 0 spiro atoms. The van der Waals surface area contributed by atoms with E-state index in [0.717, 1.165) is 6.42 Å². The van der Waals surface area contributed by atoms with Crippen LogP contribution in [0.5, 0.6) is 0 Å². The second-order valence-corrected chi connectivity index (χ2v) is 44.4. The van der Waals surface area contributed by atoms with Crippen LogP contribution in [0.2, 0.25) is 0 Å². The van der Waals surface area contributed by atoms with E-state index in [9.17, 15) is 0 Å². The maximum atomic E-state index is 2.72. The molecule has 4 aliphatic rings. The number of hydrogen-bond acceptors (Lipinski definition) is 0. The summed E-state index contributed by atoms with van der Waals surface area (Å²) >= 11 is 0. The second-order valence-electron chi connectivity index (χ2n) is 44.4. The summed E-state index contributed by atoms with van der Waals surface area (Å²) in [4.78, 5) is 0. The zero-order valence-corrected chi connectivity index (χ0v) is 77.6. The molecule has 0 aliphatic carbocycles. The van der Waals surface area contributed by atoms with Gasteiger partial charge in [-0.15, -0.1) is 0 Å². The third-order valence-electron chi connectivity index (χ3n) is 31.1. The van der Waals surface area contributed by atoms with Gasteiger partial charge in [0.05, 0.1) is 44.1 Å². The average molecular weight is 1670 g/mol. The Hall–Kier alpha value is -13.7. The lowest BCUT2D eigenvalue weighted by molar-refractivity contribution is 0.524. The predicted octanol–water partition coefficient (Wildman–Crippen LogP) is 28.6. The Kier molecular flexibility index (Phi) is 15.7. The lowest BCUT2D eigenvalue weighted by Crippen LogP contribution is -2.58. The highest BCUT2D eigenvalue weighted by Gasteiger charge is 2.46. The third-order valence-corrected chi connectivity index (χ3v) is 31.1. The third kappa shape index (κ3) is 10.7. The van der Waals surface area contributed by atoms with Crippen LogP contribution in [0.1, 0.15) is 157 Å². The van der Waals surface area contributed by atoms with Gasteiger partial charge in [-0.05, 0) is 246 Å². The van der Waals surface area contributed by atoms with Crippen molar-refractivity contribution >= 4 is 177 Å². The molecule has 0 radical (unpaired) electrons. The van der Waals surface area contributed by atoms with Crippen molar-refractivity contribution in [2.45, 2.75) is 157 Å². The zero-order chi connectivity index (χ0) is 88.5. The molecule has 22 aromatic rings. The summed E-state index contributed by atoms with van der Waals surface area (Å²) in [5.74, 6) is 0. The molecule has 6 heteroatoms. The van der Waals surface area contributed by atoms with Crippen LogP contribution in [-0.2, 0) is 38.9 Å². The van der Waals surface area contributed by atoms with Crippen molar-refractivity contribution in [3.63, 3.8) is 0 Å². The van der Waals surface area contributed by atoms with Crippen molar-refractivity contribution in [1.82, 2.24) is 18.3 Å². The van der Waals surface area contributed by atoms with Crippen LogP contribution in [0.25, 0.3) is 198 Å². The van der Waals surface area contributed by atoms with Gasteiger partial charge in [-0.25, -0.2) is 0 Å². The molecular formula is C124H104B2N4. The van der Waals surface area contributed by atoms with Crippen LogP contribution in [0, 0.1) is 0 Å². The number of para-hydroxylation sites is 4. The van der Waals surface area contributed by atoms with Crippen LogP contribution in [0.4, 0.5) is 0 Å². The Morgan fingerprint density at radius 2 is 0.508 bits per heavy atom. The summed E-state index contributed by atoms with van der Waals surface area (Å²) in [6, 6.07) is 123. The fraction of sp³-hybridized carbons (Fsp3) is 0.194. The zero-order valence-electron chi connectivity index (χ0n) is 77.6. The molecule has 0 atom stereocenters. The van der Waals surface area contributed by atoms with Gasteiger partial charge in [0.25, 0.3) is 0 Å². The summed E-state index contributed by atoms with van der Waals surface area (Å²) in [7, 11) is 0. The molecule has 0 bridgehead atoms. The molecule has 18 aromatic carbocycles. The number of aromatic nitrogens is 4. The van der Waals surface area contributed by atoms with Crippen molar-refractivity contribution < 1.29 is 0 Å². The van der Waals surface area contributed by atoms with Crippen molar-refractivity contribution in [3.05, 3.63) is 348 Å². The van der Waals surface area contributed by atoms with E-state index in [2.05, 4.69) is 445 Å². The summed E-state index contributed by atoms with van der Waals surface area (Å²) in [5, 5.41) is 20.8. The van der Waals surface area contributed by atoms with Crippen molar-refractivity contribution in [2.75, 3.05) is 0 Å². The second kappa shape index (κ2) is 26.3. The minimum absolute atomic E-state index is 0.00471. The first-order chi connectivity index (χ1) is 62.4. The van der Waals surface area contributed by atoms with Crippen LogP contribution in [-0.4, -0.2) is 31.7 Å². The van der Waals surface area contributed by atoms with Crippen molar-refractivity contribution in [2.24, 2.45) is 0 Å². The van der Waals surface area contributed by atoms with E-state index in [-0.39, 0.29) is 40.5 Å². The average Bonchev–Trinajstić information content (AvgIpc) is 1.15. The van der Waals surface area contributed by atoms with Crippen LogP contribution in [0.3, 0.4) is 0 Å². The fourth-order valence-electron chi connectivity index (χ4n) is 24.7. The van der Waals surface area contributed by atoms with E-state index < -0.39 is 5.41 Å². The van der Waals surface area contributed by atoms with Gasteiger partial charge in [0.15, 0.2) is 0 Å². The van der Waals surface area contributed by atoms with Gasteiger partial charge in [-0.1, -0.05) is 368 Å². The largest absolute Gasteiger partial charge is 0.309 e. The summed E-state index contributed by atoms with van der Waals surface area (Å²) < 4.78 is 10.3. The van der Waals surface area contributed by atoms with Gasteiger partial charge < -0.3 is 18.3 Å². The molecule has 4 nitrogen and oxygen atoms in total. The van der Waals surface area contributed by atoms with Gasteiger partial charge in [0.1, 0.15) is 0 Å². The molecule has 0 amide bonds. The lowest BCUT2D eigenvalue weighted by Gasteiger charge is -2.39. The minimum atomic E-state index is -0.480. The van der Waals surface area contributed by atoms with E-state index in [4.69, 9.17) is 0 Å². The molecule has 4 aliphatic heterocycles. The topological polar surface area (TPSA) is 19.7 Å². The smallest absolute Gasteiger partial charge is 0.244 e. The first-order valence-electron chi connectivity index (χ1n) is 47.2. The normalized spacial score (nSPS) is 13.7. The molecule has 0 unspecified atom stereocenters. The Balaban J connectivity index is 0.761. The lowest BCUT2D eigenvalue weighted by atomic mass is 9.30. The standard InChI is InChI=1S/C124H104B2N4/c1-119(2,3)71-44-52-77(53-45-71)127-104-41-24-20-31-83(104)111-85-33-26-38-101-108(85)91(67-106(111)127)93-61-75(123(13,14)15)62-94-92-68-107-112(84-32-21-25-42-105(84)128(107)78-54-46-72(47-55-78)120(4,5)6)86-60-43-70(114(113(86)92)126(101)116(93)94)69-124(16,17)76-63-95-89-65-97-81-29-18-22-39-102(81)129(79-56-48-73(49-57-79)121(7,8)9)117(97)87-34-27-36-99(109(87)89)125-100-37-28-35-88-110(100)90(96(64-76)115(95)125)66-98-82-30-19-23-40-103(82)130(118(88)98)80-58-50-74(51-59-80)122(10,11)12/h18-68H,69H2,1-17H3. The first-order valence-corrected chi connectivity index (χ1v) is 47.2. The van der Waals surface area contributed by atoms with Gasteiger partial charge in [0.2, 0.25) is 13.4 Å². The molecule has 626 valence electrons. The monoisotopic (exact) mass is 1670 g/mol. The van der Waals surface area contributed by atoms with E-state index in [1.807, 2.05) is 0 Å². The Morgan fingerprint density at radius 1 is 0.200 bits per heavy atom. The minimum Gasteiger partial charge on any atom is -0.309 e. The van der Waals surface area contributed by atoms with Crippen LogP contribution < -0.4 is 32.8 Å². The van der Waals surface area contributed by atoms with E-state index in [1.54, 1.807) is 0 Å². The molecule has 0 saturated heterocycles. The molecule has 0 fully saturated rings. The number of nitrogens with zero attached hydrogens (tertiary/aromatic N) is 4. The van der Waals surface area contributed by atoms with Crippen LogP contribution in [0.15, 0.2) is 309 Å². The van der Waals surface area contributed by atoms with E-state index >= 15 is 0 Å². The quantitative estimate of drug-likeness (QED) is 0.142. The number of rotatable bonds is 7. The SMILES string of the molecule is CC(C)(C)c1ccc(-n2c3ccccc3c3c4cccc5c4c(cc32)-c2cc(C(C)(C)C)cc3c2B5c2c(CC(C)(C)c4cc5c6c(c4)-c4cc7c8ccccc8n(-c8ccc(C(C)(C)C)cc8)c7c7cccc(c47)B6c4cccc6c4c-5cc4c5ccccc5n(-c5ccc(C(C)(C)C)cc5)c64)ccc4c2c-3cc2c4c3ccccc3n2-c2ccc(C(C)(C)C)cc2)cc1. The summed E-state index contributed by atoms with van der Waals surface area (Å²) in [6.07, 6.45) is 0.767. The number of hydrogen-bond donors (Lipinski definition) is 0. The van der Waals surface area contributed by atoms with Crippen LogP contribution >= 0.6 is 0 Å². The maximum absolute atomic E-state index is 2.72. The van der Waals surface area contributed by atoms with E-state index in [0.29, 0.717) is 0 Å². The van der Waals surface area contributed by atoms with Gasteiger partial charge in [0, 0.05) is 76.6 Å². The molecule has 26 rings (SSSR count). The molecular weight excluding hydrogens is 1570 g/mol. The fourth-order valence-corrected chi connectivity index (χ4v) is 24.7. The van der Waals surface area contributed by atoms with Gasteiger partial charge in [-0.2, -0.15) is 0 Å².